The van der Waals surface area contributed by atoms with Crippen LogP contribution in [-0.2, 0) is 16.0 Å². The van der Waals surface area contributed by atoms with Gasteiger partial charge in [0.1, 0.15) is 5.75 Å². The number of hydrogen-bond donors (Lipinski definition) is 2. The number of anilines is 2. The number of nitrogens with two attached hydrogens (primary N) is 1. The van der Waals surface area contributed by atoms with E-state index in [2.05, 4.69) is 12.2 Å². The van der Waals surface area contributed by atoms with E-state index in [1.54, 1.807) is 12.1 Å². The average Bonchev–Trinajstić information content (AvgIpc) is 2.66. The number of hydrogen-bond acceptors (Lipinski definition) is 5. The summed E-state index contributed by atoms with van der Waals surface area (Å²) < 4.78 is 10.5. The highest BCUT2D eigenvalue weighted by molar-refractivity contribution is 5.92. The second-order valence-corrected chi connectivity index (χ2v) is 5.78. The Hall–Kier alpha value is -3.02. The number of carbonyl (C=O) groups excluding carboxylic acids is 2. The van der Waals surface area contributed by atoms with E-state index < -0.39 is 5.97 Å². The topological polar surface area (TPSA) is 90.7 Å². The van der Waals surface area contributed by atoms with Crippen molar-refractivity contribution in [3.8, 4) is 5.75 Å². The van der Waals surface area contributed by atoms with Gasteiger partial charge in [0.15, 0.2) is 6.61 Å². The number of amides is 1. The van der Waals surface area contributed by atoms with Crippen molar-refractivity contribution >= 4 is 23.3 Å². The molecule has 0 heterocycles. The summed E-state index contributed by atoms with van der Waals surface area (Å²) in [6.07, 6.45) is 1.68. The molecule has 0 atom stereocenters. The Bertz CT molecular complexity index is 757. The molecule has 0 aliphatic heterocycles. The van der Waals surface area contributed by atoms with Crippen molar-refractivity contribution in [2.45, 2.75) is 26.7 Å². The quantitative estimate of drug-likeness (QED) is 0.559. The molecule has 26 heavy (non-hydrogen) atoms. The van der Waals surface area contributed by atoms with Gasteiger partial charge in [-0.05, 0) is 48.7 Å². The van der Waals surface area contributed by atoms with Gasteiger partial charge in [0, 0.05) is 5.69 Å². The summed E-state index contributed by atoms with van der Waals surface area (Å²) in [5, 5.41) is 2.75. The van der Waals surface area contributed by atoms with Gasteiger partial charge in [-0.15, -0.1) is 0 Å². The summed E-state index contributed by atoms with van der Waals surface area (Å²) in [5.41, 5.74) is 8.42. The Balaban J connectivity index is 1.94. The van der Waals surface area contributed by atoms with Crippen LogP contribution in [0, 0.1) is 0 Å². The van der Waals surface area contributed by atoms with Gasteiger partial charge in [0.05, 0.1) is 17.9 Å². The maximum Gasteiger partial charge on any atom is 0.338 e. The standard InChI is InChI=1S/C20H24N2O4/c1-3-11-25-20(24)15-7-10-17(21)18(12-15)26-13-19(23)22-16-8-5-14(4-2)6-9-16/h5-10,12H,3-4,11,13,21H2,1-2H3,(H,22,23). The Morgan fingerprint density at radius 1 is 1.08 bits per heavy atom. The molecule has 0 aliphatic carbocycles. The third kappa shape index (κ3) is 5.51. The first-order valence-electron chi connectivity index (χ1n) is 8.61. The van der Waals surface area contributed by atoms with Crippen molar-refractivity contribution < 1.29 is 19.1 Å². The monoisotopic (exact) mass is 356 g/mol. The Morgan fingerprint density at radius 2 is 1.81 bits per heavy atom. The molecule has 0 aliphatic rings. The van der Waals surface area contributed by atoms with Gasteiger partial charge in [0.25, 0.3) is 5.91 Å². The third-order valence-electron chi connectivity index (χ3n) is 3.69. The van der Waals surface area contributed by atoms with Crippen LogP contribution in [0.25, 0.3) is 0 Å². The highest BCUT2D eigenvalue weighted by Crippen LogP contribution is 2.23. The van der Waals surface area contributed by atoms with Crippen LogP contribution in [0.5, 0.6) is 5.75 Å². The Labute approximate surface area is 153 Å². The van der Waals surface area contributed by atoms with E-state index in [1.165, 1.54) is 11.6 Å². The molecule has 0 fully saturated rings. The number of nitrogens with one attached hydrogen (secondary N) is 1. The molecule has 0 aromatic heterocycles. The van der Waals surface area contributed by atoms with Gasteiger partial charge in [-0.25, -0.2) is 4.79 Å². The summed E-state index contributed by atoms with van der Waals surface area (Å²) in [5.74, 6) is -0.489. The van der Waals surface area contributed by atoms with Crippen LogP contribution in [0.4, 0.5) is 11.4 Å². The zero-order valence-electron chi connectivity index (χ0n) is 15.1. The SMILES string of the molecule is CCCOC(=O)c1ccc(N)c(OCC(=O)Nc2ccc(CC)cc2)c1. The average molecular weight is 356 g/mol. The number of esters is 1. The summed E-state index contributed by atoms with van der Waals surface area (Å²) >= 11 is 0. The predicted octanol–water partition coefficient (Wildman–Crippen LogP) is 3.42. The number of rotatable bonds is 8. The lowest BCUT2D eigenvalue weighted by atomic mass is 10.1. The minimum atomic E-state index is -0.447. The first-order valence-corrected chi connectivity index (χ1v) is 8.61. The molecule has 2 aromatic rings. The molecule has 138 valence electrons. The highest BCUT2D eigenvalue weighted by atomic mass is 16.5. The van der Waals surface area contributed by atoms with Gasteiger partial charge in [-0.2, -0.15) is 0 Å². The highest BCUT2D eigenvalue weighted by Gasteiger charge is 2.12. The molecular weight excluding hydrogens is 332 g/mol. The molecule has 6 heteroatoms. The van der Waals surface area contributed by atoms with Crippen LogP contribution < -0.4 is 15.8 Å². The van der Waals surface area contributed by atoms with E-state index >= 15 is 0 Å². The van der Waals surface area contributed by atoms with E-state index in [1.807, 2.05) is 31.2 Å². The predicted molar refractivity (Wildman–Crippen MR) is 101 cm³/mol. The first kappa shape index (κ1) is 19.3. The summed E-state index contributed by atoms with van der Waals surface area (Å²) in [6.45, 7) is 4.11. The van der Waals surface area contributed by atoms with Crippen LogP contribution in [0.3, 0.4) is 0 Å². The maximum atomic E-state index is 12.0. The summed E-state index contributed by atoms with van der Waals surface area (Å²) in [6, 6.07) is 12.2. The number of aryl methyl sites for hydroxylation is 1. The molecule has 0 saturated heterocycles. The van der Waals surface area contributed by atoms with Crippen molar-refractivity contribution in [1.82, 2.24) is 0 Å². The minimum Gasteiger partial charge on any atom is -0.482 e. The van der Waals surface area contributed by atoms with Crippen LogP contribution >= 0.6 is 0 Å². The number of carbonyl (C=O) groups is 2. The van der Waals surface area contributed by atoms with E-state index in [9.17, 15) is 9.59 Å². The van der Waals surface area contributed by atoms with Gasteiger partial charge >= 0.3 is 5.97 Å². The van der Waals surface area contributed by atoms with Crippen molar-refractivity contribution in [1.29, 1.82) is 0 Å². The molecule has 2 aromatic carbocycles. The third-order valence-corrected chi connectivity index (χ3v) is 3.69. The zero-order valence-corrected chi connectivity index (χ0v) is 15.1. The van der Waals surface area contributed by atoms with Crippen molar-refractivity contribution in [3.05, 3.63) is 53.6 Å². The molecule has 3 N–H and O–H groups in total. The number of nitrogen functional groups attached to an aromatic ring is 1. The van der Waals surface area contributed by atoms with Crippen molar-refractivity contribution in [2.75, 3.05) is 24.3 Å². The van der Waals surface area contributed by atoms with Crippen LogP contribution in [-0.4, -0.2) is 25.1 Å². The second-order valence-electron chi connectivity index (χ2n) is 5.78. The number of benzene rings is 2. The lowest BCUT2D eigenvalue weighted by Gasteiger charge is -2.11. The van der Waals surface area contributed by atoms with Crippen molar-refractivity contribution in [2.24, 2.45) is 0 Å². The molecule has 6 nitrogen and oxygen atoms in total. The molecule has 0 radical (unpaired) electrons. The smallest absolute Gasteiger partial charge is 0.338 e. The summed E-state index contributed by atoms with van der Waals surface area (Å²) in [4.78, 5) is 23.9. The fraction of sp³-hybridized carbons (Fsp3) is 0.300. The first-order chi connectivity index (χ1) is 12.5. The maximum absolute atomic E-state index is 12.0. The van der Waals surface area contributed by atoms with Gasteiger partial charge < -0.3 is 20.5 Å². The van der Waals surface area contributed by atoms with Crippen LogP contribution in [0.1, 0.15) is 36.2 Å². The molecule has 0 unspecified atom stereocenters. The normalized spacial score (nSPS) is 10.2. The molecule has 0 saturated carbocycles. The van der Waals surface area contributed by atoms with Crippen molar-refractivity contribution in [3.63, 3.8) is 0 Å². The van der Waals surface area contributed by atoms with E-state index in [4.69, 9.17) is 15.2 Å². The van der Waals surface area contributed by atoms with Gasteiger partial charge in [-0.1, -0.05) is 26.0 Å². The Morgan fingerprint density at radius 3 is 2.46 bits per heavy atom. The number of ether oxygens (including phenoxy) is 2. The minimum absolute atomic E-state index is 0.215. The van der Waals surface area contributed by atoms with E-state index in [-0.39, 0.29) is 18.3 Å². The van der Waals surface area contributed by atoms with E-state index in [0.717, 1.165) is 12.8 Å². The largest absolute Gasteiger partial charge is 0.482 e. The van der Waals surface area contributed by atoms with E-state index in [0.29, 0.717) is 23.5 Å². The second kappa shape index (κ2) is 9.46. The van der Waals surface area contributed by atoms with Crippen LogP contribution in [0.2, 0.25) is 0 Å². The lowest BCUT2D eigenvalue weighted by Crippen LogP contribution is -2.20. The summed E-state index contributed by atoms with van der Waals surface area (Å²) in [7, 11) is 0. The lowest BCUT2D eigenvalue weighted by molar-refractivity contribution is -0.118. The molecule has 2 rings (SSSR count). The molecule has 0 bridgehead atoms. The molecule has 1 amide bonds. The van der Waals surface area contributed by atoms with Crippen LogP contribution in [0.15, 0.2) is 42.5 Å². The fourth-order valence-corrected chi connectivity index (χ4v) is 2.23. The zero-order chi connectivity index (χ0) is 18.9. The van der Waals surface area contributed by atoms with Gasteiger partial charge in [-0.3, -0.25) is 4.79 Å². The fourth-order valence-electron chi connectivity index (χ4n) is 2.23. The molecular formula is C20H24N2O4. The van der Waals surface area contributed by atoms with Gasteiger partial charge in [0.2, 0.25) is 0 Å². The Kier molecular flexibility index (Phi) is 7.02. The molecule has 0 spiro atoms.